The summed E-state index contributed by atoms with van der Waals surface area (Å²) in [5.41, 5.74) is 6.63. The molecule has 4 N–H and O–H groups in total. The van der Waals surface area contributed by atoms with Gasteiger partial charge in [-0.25, -0.2) is 0 Å². The Bertz CT molecular complexity index is 397. The average Bonchev–Trinajstić information content (AvgIpc) is 2.75. The van der Waals surface area contributed by atoms with Gasteiger partial charge in [-0.1, -0.05) is 97.8 Å². The maximum Gasteiger partial charge on any atom is 0.225 e. The second-order valence-electron chi connectivity index (χ2n) is 10.3. The number of hydrogen-bond acceptors (Lipinski definition) is 5. The number of ether oxygens (including phenoxy) is 2. The van der Waals surface area contributed by atoms with Gasteiger partial charge in [-0.15, -0.1) is 0 Å². The van der Waals surface area contributed by atoms with Crippen molar-refractivity contribution in [2.45, 2.75) is 181 Å². The zero-order chi connectivity index (χ0) is 25.0. The number of nitrogens with two attached hydrogens (primary N) is 1. The van der Waals surface area contributed by atoms with Crippen molar-refractivity contribution in [2.24, 2.45) is 5.73 Å². The second kappa shape index (κ2) is 21.1. The van der Waals surface area contributed by atoms with Gasteiger partial charge in [-0.2, -0.15) is 0 Å². The predicted molar refractivity (Wildman–Crippen MR) is 140 cm³/mol. The normalized spacial score (nSPS) is 17.5. The summed E-state index contributed by atoms with van der Waals surface area (Å²) in [6.45, 7) is 9.92. The minimum absolute atomic E-state index is 0.138. The largest absolute Gasteiger partial charge is 0.393 e. The number of rotatable bonds is 24. The van der Waals surface area contributed by atoms with Gasteiger partial charge in [0.1, 0.15) is 0 Å². The summed E-state index contributed by atoms with van der Waals surface area (Å²) < 4.78 is 12.5. The highest BCUT2D eigenvalue weighted by Crippen LogP contribution is 2.26. The zero-order valence-corrected chi connectivity index (χ0v) is 22.8. The van der Waals surface area contributed by atoms with Gasteiger partial charge in [0.15, 0.2) is 0 Å². The van der Waals surface area contributed by atoms with Crippen molar-refractivity contribution in [3.05, 3.63) is 0 Å². The molecule has 0 amide bonds. The van der Waals surface area contributed by atoms with E-state index < -0.39 is 18.1 Å². The first-order valence-electron chi connectivity index (χ1n) is 14.3. The van der Waals surface area contributed by atoms with Crippen LogP contribution in [-0.2, 0) is 9.47 Å². The van der Waals surface area contributed by atoms with Gasteiger partial charge in [0.25, 0.3) is 0 Å². The van der Waals surface area contributed by atoms with Crippen LogP contribution in [-0.4, -0.2) is 40.5 Å². The van der Waals surface area contributed by atoms with Gasteiger partial charge >= 0.3 is 0 Å². The van der Waals surface area contributed by atoms with E-state index in [1.807, 2.05) is 13.8 Å². The zero-order valence-electron chi connectivity index (χ0n) is 22.8. The van der Waals surface area contributed by atoms with Crippen molar-refractivity contribution in [1.29, 1.82) is 0 Å². The van der Waals surface area contributed by atoms with Crippen molar-refractivity contribution < 1.29 is 19.7 Å². The topological polar surface area (TPSA) is 84.9 Å². The van der Waals surface area contributed by atoms with E-state index >= 15 is 0 Å². The molecule has 4 atom stereocenters. The lowest BCUT2D eigenvalue weighted by molar-refractivity contribution is -0.285. The maximum atomic E-state index is 9.80. The fourth-order valence-corrected chi connectivity index (χ4v) is 4.46. The van der Waals surface area contributed by atoms with Gasteiger partial charge in [-0.05, 0) is 46.0 Å². The Balaban J connectivity index is 4.33. The quantitative estimate of drug-likeness (QED) is 0.102. The summed E-state index contributed by atoms with van der Waals surface area (Å²) in [6, 6.07) is 0. The molecule has 0 aromatic carbocycles. The molecule has 0 aromatic rings. The Morgan fingerprint density at radius 2 is 0.939 bits per heavy atom. The molecule has 0 bridgehead atoms. The molecular weight excluding hydrogens is 414 g/mol. The summed E-state index contributed by atoms with van der Waals surface area (Å²) in [7, 11) is 0. The van der Waals surface area contributed by atoms with Crippen molar-refractivity contribution in [2.75, 3.05) is 0 Å². The Morgan fingerprint density at radius 1 is 0.606 bits per heavy atom. The standard InChI is InChI=1S/C28H59NO4/c1-6-9-10-11-12-13-14-15-16-17-18-19-20-21-28(29,32-26(7-2)22-24(4)30)33-27(8-3)23-25(5)31/h24-27,30-31H,6-23,29H2,1-5H3. The van der Waals surface area contributed by atoms with Crippen LogP contribution in [0.15, 0.2) is 0 Å². The third-order valence-electron chi connectivity index (χ3n) is 6.48. The fourth-order valence-electron chi connectivity index (χ4n) is 4.46. The predicted octanol–water partition coefficient (Wildman–Crippen LogP) is 7.21. The van der Waals surface area contributed by atoms with Crippen LogP contribution in [0.3, 0.4) is 0 Å². The van der Waals surface area contributed by atoms with Gasteiger partial charge in [0.2, 0.25) is 5.91 Å². The van der Waals surface area contributed by atoms with Crippen LogP contribution >= 0.6 is 0 Å². The minimum atomic E-state index is -1.16. The van der Waals surface area contributed by atoms with Crippen LogP contribution in [0.4, 0.5) is 0 Å². The monoisotopic (exact) mass is 473 g/mol. The molecular formula is C28H59NO4. The lowest BCUT2D eigenvalue weighted by Crippen LogP contribution is -2.51. The number of unbranched alkanes of at least 4 members (excludes halogenated alkanes) is 12. The number of aliphatic hydroxyl groups excluding tert-OH is 2. The lowest BCUT2D eigenvalue weighted by Gasteiger charge is -2.37. The van der Waals surface area contributed by atoms with E-state index in [0.717, 1.165) is 25.7 Å². The highest BCUT2D eigenvalue weighted by molar-refractivity contribution is 4.72. The maximum absolute atomic E-state index is 9.80. The molecule has 0 spiro atoms. The van der Waals surface area contributed by atoms with Gasteiger partial charge in [0.05, 0.1) is 24.4 Å². The molecule has 200 valence electrons. The van der Waals surface area contributed by atoms with Gasteiger partial charge in [0, 0.05) is 6.42 Å². The molecule has 33 heavy (non-hydrogen) atoms. The summed E-state index contributed by atoms with van der Waals surface area (Å²) in [5, 5.41) is 19.6. The molecule has 0 radical (unpaired) electrons. The molecule has 0 aliphatic heterocycles. The summed E-state index contributed by atoms with van der Waals surface area (Å²) in [5.74, 6) is -1.16. The average molecular weight is 474 g/mol. The Hall–Kier alpha value is -0.200. The third-order valence-corrected chi connectivity index (χ3v) is 6.48. The summed E-state index contributed by atoms with van der Waals surface area (Å²) in [6.07, 6.45) is 19.1. The molecule has 0 saturated heterocycles. The summed E-state index contributed by atoms with van der Waals surface area (Å²) in [4.78, 5) is 0. The number of aliphatic hydroxyl groups is 2. The highest BCUT2D eigenvalue weighted by Gasteiger charge is 2.33. The molecule has 4 unspecified atom stereocenters. The van der Waals surface area contributed by atoms with Crippen molar-refractivity contribution in [1.82, 2.24) is 0 Å². The lowest BCUT2D eigenvalue weighted by atomic mass is 10.0. The van der Waals surface area contributed by atoms with Gasteiger partial charge in [-0.3, -0.25) is 5.73 Å². The van der Waals surface area contributed by atoms with Crippen molar-refractivity contribution in [3.63, 3.8) is 0 Å². The minimum Gasteiger partial charge on any atom is -0.393 e. The van der Waals surface area contributed by atoms with Crippen molar-refractivity contribution >= 4 is 0 Å². The smallest absolute Gasteiger partial charge is 0.225 e. The van der Waals surface area contributed by atoms with Crippen molar-refractivity contribution in [3.8, 4) is 0 Å². The first kappa shape index (κ1) is 32.8. The SMILES string of the molecule is CCCCCCCCCCCCCCCC(N)(OC(CC)CC(C)O)OC(CC)CC(C)O. The van der Waals surface area contributed by atoms with E-state index in [4.69, 9.17) is 15.2 Å². The van der Waals surface area contributed by atoms with E-state index in [1.54, 1.807) is 13.8 Å². The van der Waals surface area contributed by atoms with E-state index in [-0.39, 0.29) is 12.2 Å². The molecule has 0 saturated carbocycles. The Labute approximate surface area is 206 Å². The number of hydrogen-bond donors (Lipinski definition) is 3. The molecule has 0 fully saturated rings. The van der Waals surface area contributed by atoms with Crippen LogP contribution in [0.2, 0.25) is 0 Å². The van der Waals surface area contributed by atoms with E-state index in [2.05, 4.69) is 6.92 Å². The van der Waals surface area contributed by atoms with Crippen LogP contribution in [0, 0.1) is 0 Å². The van der Waals surface area contributed by atoms with Crippen LogP contribution < -0.4 is 5.73 Å². The van der Waals surface area contributed by atoms with Gasteiger partial charge < -0.3 is 19.7 Å². The van der Waals surface area contributed by atoms with E-state index in [1.165, 1.54) is 70.6 Å². The Morgan fingerprint density at radius 3 is 1.24 bits per heavy atom. The Kier molecular flexibility index (Phi) is 21.0. The third kappa shape index (κ3) is 19.8. The second-order valence-corrected chi connectivity index (χ2v) is 10.3. The van der Waals surface area contributed by atoms with Crippen LogP contribution in [0.25, 0.3) is 0 Å². The molecule has 0 aliphatic carbocycles. The first-order chi connectivity index (χ1) is 15.8. The first-order valence-corrected chi connectivity index (χ1v) is 14.3. The molecule has 0 aliphatic rings. The fraction of sp³-hybridized carbons (Fsp3) is 1.00. The van der Waals surface area contributed by atoms with E-state index in [0.29, 0.717) is 19.3 Å². The molecule has 0 heterocycles. The molecule has 0 rings (SSSR count). The highest BCUT2D eigenvalue weighted by atomic mass is 16.7. The molecule has 0 aromatic heterocycles. The molecule has 5 nitrogen and oxygen atoms in total. The molecule has 5 heteroatoms. The van der Waals surface area contributed by atoms with E-state index in [9.17, 15) is 10.2 Å². The van der Waals surface area contributed by atoms with Crippen LogP contribution in [0.1, 0.15) is 150 Å². The summed E-state index contributed by atoms with van der Waals surface area (Å²) >= 11 is 0. The van der Waals surface area contributed by atoms with Crippen LogP contribution in [0.5, 0.6) is 0 Å².